The summed E-state index contributed by atoms with van der Waals surface area (Å²) in [5.74, 6) is 2.81. The minimum atomic E-state index is 0.291. The molecule has 2 N–H and O–H groups in total. The molecule has 0 saturated carbocycles. The maximum Gasteiger partial charge on any atom is 0.231 e. The van der Waals surface area contributed by atoms with Gasteiger partial charge in [-0.15, -0.1) is 0 Å². The Bertz CT molecular complexity index is 978. The van der Waals surface area contributed by atoms with Gasteiger partial charge in [-0.25, -0.2) is 0 Å². The van der Waals surface area contributed by atoms with E-state index >= 15 is 0 Å². The van der Waals surface area contributed by atoms with E-state index < -0.39 is 0 Å². The standard InChI is InChI=1S/C23H22ClNO4/c1-26-22-11-18(9-19(24)23(22)27-14-16-5-3-2-4-6-16)13-25-12-17-7-8-20-21(10-17)29-15-28-20/h2-11,25H,12-15H2,1H3/p+1. The molecular formula is C23H23ClNO4+. The van der Waals surface area contributed by atoms with E-state index in [1.54, 1.807) is 7.11 Å². The fraction of sp³-hybridized carbons (Fsp3) is 0.217. The Morgan fingerprint density at radius 3 is 2.52 bits per heavy atom. The van der Waals surface area contributed by atoms with E-state index in [1.165, 1.54) is 5.56 Å². The molecule has 3 aromatic carbocycles. The van der Waals surface area contributed by atoms with E-state index in [2.05, 4.69) is 11.4 Å². The minimum Gasteiger partial charge on any atom is -0.493 e. The Morgan fingerprint density at radius 1 is 0.897 bits per heavy atom. The highest BCUT2D eigenvalue weighted by molar-refractivity contribution is 6.32. The fourth-order valence-electron chi connectivity index (χ4n) is 3.23. The molecule has 0 aromatic heterocycles. The van der Waals surface area contributed by atoms with Crippen molar-refractivity contribution in [2.75, 3.05) is 13.9 Å². The van der Waals surface area contributed by atoms with Crippen LogP contribution in [0.3, 0.4) is 0 Å². The first-order valence-electron chi connectivity index (χ1n) is 9.46. The average Bonchev–Trinajstić information content (AvgIpc) is 3.21. The van der Waals surface area contributed by atoms with Gasteiger partial charge in [-0.1, -0.05) is 41.9 Å². The molecule has 3 aromatic rings. The largest absolute Gasteiger partial charge is 0.493 e. The first kappa shape index (κ1) is 19.4. The molecule has 4 rings (SSSR count). The van der Waals surface area contributed by atoms with Crippen molar-refractivity contribution >= 4 is 11.6 Å². The Morgan fingerprint density at radius 2 is 1.69 bits per heavy atom. The molecule has 150 valence electrons. The molecule has 0 saturated heterocycles. The Labute approximate surface area is 175 Å². The summed E-state index contributed by atoms with van der Waals surface area (Å²) in [5, 5.41) is 2.75. The maximum absolute atomic E-state index is 6.49. The monoisotopic (exact) mass is 412 g/mol. The van der Waals surface area contributed by atoms with Gasteiger partial charge >= 0.3 is 0 Å². The van der Waals surface area contributed by atoms with E-state index in [9.17, 15) is 0 Å². The smallest absolute Gasteiger partial charge is 0.231 e. The number of quaternary nitrogens is 1. The van der Waals surface area contributed by atoms with Crippen LogP contribution in [0.1, 0.15) is 16.7 Å². The lowest BCUT2D eigenvalue weighted by Gasteiger charge is -2.14. The van der Waals surface area contributed by atoms with E-state index in [4.69, 9.17) is 30.5 Å². The molecule has 0 atom stereocenters. The highest BCUT2D eigenvalue weighted by atomic mass is 35.5. The topological polar surface area (TPSA) is 53.5 Å². The summed E-state index contributed by atoms with van der Waals surface area (Å²) < 4.78 is 22.2. The van der Waals surface area contributed by atoms with Crippen molar-refractivity contribution in [2.45, 2.75) is 19.7 Å². The summed E-state index contributed by atoms with van der Waals surface area (Å²) in [7, 11) is 1.63. The van der Waals surface area contributed by atoms with Crippen molar-refractivity contribution in [1.82, 2.24) is 0 Å². The number of ether oxygens (including phenoxy) is 4. The van der Waals surface area contributed by atoms with Crippen LogP contribution in [-0.2, 0) is 19.7 Å². The summed E-state index contributed by atoms with van der Waals surface area (Å²) in [6.07, 6.45) is 0. The molecule has 1 aliphatic rings. The average molecular weight is 413 g/mol. The van der Waals surface area contributed by atoms with E-state index in [1.807, 2.05) is 54.6 Å². The Balaban J connectivity index is 1.38. The molecule has 1 heterocycles. The summed E-state index contributed by atoms with van der Waals surface area (Å²) in [6.45, 7) is 2.32. The molecule has 0 spiro atoms. The zero-order valence-electron chi connectivity index (χ0n) is 16.2. The van der Waals surface area contributed by atoms with Crippen molar-refractivity contribution in [3.05, 3.63) is 82.4 Å². The number of fused-ring (bicyclic) bond motifs is 1. The number of hydrogen-bond donors (Lipinski definition) is 1. The van der Waals surface area contributed by atoms with Gasteiger partial charge in [0, 0.05) is 11.1 Å². The van der Waals surface area contributed by atoms with Gasteiger partial charge in [0.1, 0.15) is 19.7 Å². The lowest BCUT2D eigenvalue weighted by atomic mass is 10.1. The lowest BCUT2D eigenvalue weighted by Crippen LogP contribution is -2.80. The van der Waals surface area contributed by atoms with E-state index in [0.29, 0.717) is 29.9 Å². The molecule has 29 heavy (non-hydrogen) atoms. The molecule has 0 aliphatic carbocycles. The van der Waals surface area contributed by atoms with Crippen LogP contribution < -0.4 is 24.3 Å². The van der Waals surface area contributed by atoms with Crippen LogP contribution in [0.15, 0.2) is 60.7 Å². The van der Waals surface area contributed by atoms with Gasteiger partial charge in [0.15, 0.2) is 23.0 Å². The van der Waals surface area contributed by atoms with Gasteiger partial charge in [0.05, 0.1) is 12.1 Å². The molecule has 5 nitrogen and oxygen atoms in total. The van der Waals surface area contributed by atoms with E-state index in [-0.39, 0.29) is 0 Å². The van der Waals surface area contributed by atoms with E-state index in [0.717, 1.165) is 35.7 Å². The van der Waals surface area contributed by atoms with Gasteiger partial charge < -0.3 is 24.3 Å². The third-order valence-corrected chi connectivity index (χ3v) is 4.99. The molecular weight excluding hydrogens is 390 g/mol. The number of nitrogens with two attached hydrogens (primary N) is 1. The fourth-order valence-corrected chi connectivity index (χ4v) is 3.52. The van der Waals surface area contributed by atoms with Crippen molar-refractivity contribution in [3.63, 3.8) is 0 Å². The van der Waals surface area contributed by atoms with Gasteiger partial charge in [-0.2, -0.15) is 0 Å². The Kier molecular flexibility index (Phi) is 6.08. The van der Waals surface area contributed by atoms with Gasteiger partial charge in [-0.3, -0.25) is 0 Å². The summed E-state index contributed by atoms with van der Waals surface area (Å²) in [4.78, 5) is 0. The van der Waals surface area contributed by atoms with Gasteiger partial charge in [0.2, 0.25) is 6.79 Å². The first-order valence-corrected chi connectivity index (χ1v) is 9.84. The highest BCUT2D eigenvalue weighted by Crippen LogP contribution is 2.37. The van der Waals surface area contributed by atoms with Crippen LogP contribution in [0, 0.1) is 0 Å². The van der Waals surface area contributed by atoms with Crippen LogP contribution in [0.5, 0.6) is 23.0 Å². The number of rotatable bonds is 8. The third kappa shape index (κ3) is 4.75. The maximum atomic E-state index is 6.49. The number of hydrogen-bond acceptors (Lipinski definition) is 4. The zero-order valence-corrected chi connectivity index (χ0v) is 16.9. The van der Waals surface area contributed by atoms with Crippen LogP contribution >= 0.6 is 11.6 Å². The molecule has 6 heteroatoms. The highest BCUT2D eigenvalue weighted by Gasteiger charge is 2.15. The van der Waals surface area contributed by atoms with Crippen LogP contribution in [0.25, 0.3) is 0 Å². The van der Waals surface area contributed by atoms with Crippen molar-refractivity contribution in [1.29, 1.82) is 0 Å². The van der Waals surface area contributed by atoms with Gasteiger partial charge in [-0.05, 0) is 35.9 Å². The minimum absolute atomic E-state index is 0.291. The van der Waals surface area contributed by atoms with Crippen molar-refractivity contribution in [3.8, 4) is 23.0 Å². The quantitative estimate of drug-likeness (QED) is 0.609. The summed E-state index contributed by atoms with van der Waals surface area (Å²) >= 11 is 6.49. The summed E-state index contributed by atoms with van der Waals surface area (Å²) in [5.41, 5.74) is 3.32. The van der Waals surface area contributed by atoms with Gasteiger partial charge in [0.25, 0.3) is 0 Å². The molecule has 0 unspecified atom stereocenters. The SMILES string of the molecule is COc1cc(C[NH2+]Cc2ccc3c(c2)OCO3)cc(Cl)c1OCc1ccccc1. The molecule has 0 fully saturated rings. The van der Waals surface area contributed by atoms with Crippen LogP contribution in [0.2, 0.25) is 5.02 Å². The second kappa shape index (κ2) is 9.07. The molecule has 0 bridgehead atoms. The second-order valence-electron chi connectivity index (χ2n) is 6.77. The normalized spacial score (nSPS) is 12.1. The lowest BCUT2D eigenvalue weighted by molar-refractivity contribution is -0.686. The molecule has 1 aliphatic heterocycles. The van der Waals surface area contributed by atoms with Crippen molar-refractivity contribution in [2.24, 2.45) is 0 Å². The first-order chi connectivity index (χ1) is 14.2. The Hall–Kier alpha value is -2.89. The van der Waals surface area contributed by atoms with Crippen LogP contribution in [-0.4, -0.2) is 13.9 Å². The predicted molar refractivity (Wildman–Crippen MR) is 111 cm³/mol. The van der Waals surface area contributed by atoms with Crippen molar-refractivity contribution < 1.29 is 24.3 Å². The predicted octanol–water partition coefficient (Wildman–Crippen LogP) is 3.92. The molecule has 0 amide bonds. The zero-order chi connectivity index (χ0) is 20.1. The second-order valence-corrected chi connectivity index (χ2v) is 7.18. The number of methoxy groups -OCH3 is 1. The summed E-state index contributed by atoms with van der Waals surface area (Å²) in [6, 6.07) is 19.9. The number of benzene rings is 3. The number of halogens is 1. The third-order valence-electron chi connectivity index (χ3n) is 4.71. The van der Waals surface area contributed by atoms with Crippen LogP contribution in [0.4, 0.5) is 0 Å². The molecule has 0 radical (unpaired) electrons.